The second-order valence-corrected chi connectivity index (χ2v) is 12.3. The average Bonchev–Trinajstić information content (AvgIpc) is 2.92. The molecule has 0 amide bonds. The van der Waals surface area contributed by atoms with Crippen molar-refractivity contribution in [3.63, 3.8) is 0 Å². The van der Waals surface area contributed by atoms with E-state index in [2.05, 4.69) is 0 Å². The van der Waals surface area contributed by atoms with E-state index in [4.69, 9.17) is 9.47 Å². The average molecular weight is 629 g/mol. The second kappa shape index (κ2) is 11.4. The van der Waals surface area contributed by atoms with Crippen molar-refractivity contribution >= 4 is 31.6 Å². The molecule has 4 aromatic rings. The Balaban J connectivity index is 1.55. The van der Waals surface area contributed by atoms with Gasteiger partial charge in [-0.25, -0.2) is 16.8 Å². The van der Waals surface area contributed by atoms with Crippen molar-refractivity contribution in [3.8, 4) is 23.0 Å². The molecule has 0 atom stereocenters. The van der Waals surface area contributed by atoms with Gasteiger partial charge in [-0.2, -0.15) is 0 Å². The molecule has 4 rings (SSSR count). The van der Waals surface area contributed by atoms with Crippen LogP contribution in [-0.4, -0.2) is 35.8 Å². The number of non-ortho nitro benzene ring substituents is 2. The van der Waals surface area contributed by atoms with E-state index in [1.54, 1.807) is 24.3 Å². The zero-order valence-corrected chi connectivity index (χ0v) is 23.8. The van der Waals surface area contributed by atoms with Gasteiger partial charge in [-0.3, -0.25) is 20.2 Å². The number of nitro benzene ring substituents is 2. The van der Waals surface area contributed by atoms with Crippen molar-refractivity contribution in [2.45, 2.75) is 29.1 Å². The van der Waals surface area contributed by atoms with Crippen LogP contribution in [0.2, 0.25) is 0 Å². The van der Waals surface area contributed by atoms with Crippen LogP contribution >= 0.6 is 0 Å². The lowest BCUT2D eigenvalue weighted by atomic mass is 9.78. The molecule has 0 bridgehead atoms. The molecule has 0 aliphatic rings. The summed E-state index contributed by atoms with van der Waals surface area (Å²) < 4.78 is 81.0. The van der Waals surface area contributed by atoms with Gasteiger partial charge >= 0.3 is 0 Å². The zero-order valence-electron chi connectivity index (χ0n) is 22.2. The van der Waals surface area contributed by atoms with Crippen LogP contribution in [0, 0.1) is 20.2 Å². The number of nitro groups is 2. The molecule has 0 radical (unpaired) electrons. The summed E-state index contributed by atoms with van der Waals surface area (Å²) in [5.41, 5.74) is -0.226. The van der Waals surface area contributed by atoms with E-state index in [1.807, 2.05) is 13.8 Å². The van der Waals surface area contributed by atoms with Gasteiger partial charge in [0.25, 0.3) is 11.4 Å². The van der Waals surface area contributed by atoms with E-state index in [0.717, 1.165) is 35.4 Å². The predicted molar refractivity (Wildman–Crippen MR) is 147 cm³/mol. The highest BCUT2D eigenvalue weighted by Crippen LogP contribution is 2.37. The van der Waals surface area contributed by atoms with E-state index in [-0.39, 0.29) is 23.0 Å². The first-order valence-electron chi connectivity index (χ1n) is 12.0. The number of rotatable bonds is 10. The summed E-state index contributed by atoms with van der Waals surface area (Å²) >= 11 is 0. The first-order valence-corrected chi connectivity index (χ1v) is 14.8. The van der Waals surface area contributed by atoms with Crippen LogP contribution in [0.4, 0.5) is 11.4 Å². The molecule has 0 aliphatic carbocycles. The van der Waals surface area contributed by atoms with E-state index >= 15 is 0 Å². The Hall–Kier alpha value is -4.90. The molecular weight excluding hydrogens is 608 g/mol. The van der Waals surface area contributed by atoms with Crippen LogP contribution in [0.25, 0.3) is 0 Å². The molecule has 43 heavy (non-hydrogen) atoms. The minimum Gasteiger partial charge on any atom is -0.744 e. The molecule has 16 heteroatoms. The summed E-state index contributed by atoms with van der Waals surface area (Å²) in [6.07, 6.45) is 0. The highest BCUT2D eigenvalue weighted by Gasteiger charge is 2.24. The lowest BCUT2D eigenvalue weighted by Crippen LogP contribution is -2.18. The highest BCUT2D eigenvalue weighted by atomic mass is 32.2. The molecule has 0 unspecified atom stereocenters. The second-order valence-electron chi connectivity index (χ2n) is 9.56. The molecule has 0 heterocycles. The van der Waals surface area contributed by atoms with Crippen LogP contribution in [-0.2, 0) is 25.7 Å². The van der Waals surface area contributed by atoms with Gasteiger partial charge in [0.2, 0.25) is 0 Å². The van der Waals surface area contributed by atoms with E-state index in [9.17, 15) is 46.2 Å². The van der Waals surface area contributed by atoms with Crippen LogP contribution in [0.3, 0.4) is 0 Å². The third-order valence-corrected chi connectivity index (χ3v) is 8.14. The number of benzene rings is 4. The van der Waals surface area contributed by atoms with Crippen molar-refractivity contribution in [2.24, 2.45) is 0 Å². The van der Waals surface area contributed by atoms with Crippen LogP contribution in [0.1, 0.15) is 25.0 Å². The van der Waals surface area contributed by atoms with E-state index < -0.39 is 56.7 Å². The Labute approximate surface area is 244 Å². The molecule has 0 N–H and O–H groups in total. The van der Waals surface area contributed by atoms with Crippen LogP contribution in [0.15, 0.2) is 94.7 Å². The summed E-state index contributed by atoms with van der Waals surface area (Å²) in [6.45, 7) is 3.80. The third kappa shape index (κ3) is 6.95. The topological polar surface area (TPSA) is 219 Å². The van der Waals surface area contributed by atoms with Crippen molar-refractivity contribution in [2.75, 3.05) is 0 Å². The fraction of sp³-hybridized carbons (Fsp3) is 0.111. The van der Waals surface area contributed by atoms with Gasteiger partial charge in [-0.1, -0.05) is 38.1 Å². The van der Waals surface area contributed by atoms with Crippen molar-refractivity contribution < 1.29 is 45.3 Å². The van der Waals surface area contributed by atoms with Crippen molar-refractivity contribution in [1.29, 1.82) is 0 Å². The maximum absolute atomic E-state index is 11.7. The minimum atomic E-state index is -5.08. The summed E-state index contributed by atoms with van der Waals surface area (Å²) in [5, 5.41) is 22.0. The molecule has 14 nitrogen and oxygen atoms in total. The summed E-state index contributed by atoms with van der Waals surface area (Å²) in [6, 6.07) is 18.2. The zero-order chi connectivity index (χ0) is 31.7. The Bertz CT molecular complexity index is 1800. The Morgan fingerprint density at radius 2 is 0.907 bits per heavy atom. The van der Waals surface area contributed by atoms with Crippen molar-refractivity contribution in [3.05, 3.63) is 116 Å². The first-order chi connectivity index (χ1) is 20.0. The summed E-state index contributed by atoms with van der Waals surface area (Å²) in [4.78, 5) is 18.6. The summed E-state index contributed by atoms with van der Waals surface area (Å²) in [7, 11) is -10.2. The Morgan fingerprint density at radius 1 is 0.581 bits per heavy atom. The van der Waals surface area contributed by atoms with Crippen molar-refractivity contribution in [1.82, 2.24) is 0 Å². The van der Waals surface area contributed by atoms with Gasteiger partial charge in [-0.15, -0.1) is 0 Å². The quantitative estimate of drug-likeness (QED) is 0.125. The van der Waals surface area contributed by atoms with Gasteiger partial charge in [0.05, 0.1) is 9.85 Å². The Kier molecular flexibility index (Phi) is 8.24. The standard InChI is InChI=1S/C27H22N2O12S2/c1-27(2,17-3-9-21(10-4-17)40-23-13-7-19(28(30)31)15-25(23)42(34,35)36)18-5-11-22(12-6-18)41-24-14-8-20(29(32)33)16-26(24)43(37,38)39/h3-16H,1-2H3,(H,34,35,36)(H,37,38,39)/p-2. The molecule has 0 saturated carbocycles. The number of hydrogen-bond acceptors (Lipinski definition) is 12. The lowest BCUT2D eigenvalue weighted by molar-refractivity contribution is -0.385. The lowest BCUT2D eigenvalue weighted by Gasteiger charge is -2.26. The Morgan fingerprint density at radius 3 is 1.19 bits per heavy atom. The van der Waals surface area contributed by atoms with Gasteiger partial charge in [-0.05, 0) is 47.5 Å². The number of ether oxygens (including phenoxy) is 2. The molecule has 0 saturated heterocycles. The fourth-order valence-corrected chi connectivity index (χ4v) is 5.32. The van der Waals surface area contributed by atoms with E-state index in [0.29, 0.717) is 12.1 Å². The fourth-order valence-electron chi connectivity index (χ4n) is 4.08. The maximum Gasteiger partial charge on any atom is 0.270 e. The molecule has 0 fully saturated rings. The molecule has 0 aliphatic heterocycles. The molecular formula is C27H20N2O12S2-2. The van der Waals surface area contributed by atoms with Crippen LogP contribution in [0.5, 0.6) is 23.0 Å². The smallest absolute Gasteiger partial charge is 0.270 e. The van der Waals surface area contributed by atoms with Gasteiger partial charge < -0.3 is 18.6 Å². The number of hydrogen-bond donors (Lipinski definition) is 0. The SMILES string of the molecule is CC(C)(c1ccc(Oc2ccc([N+](=O)[O-])cc2S(=O)(=O)[O-])cc1)c1ccc(Oc2ccc([N+](=O)[O-])cc2S(=O)(=O)[O-])cc1. The molecule has 0 spiro atoms. The molecule has 4 aromatic carbocycles. The van der Waals surface area contributed by atoms with Crippen LogP contribution < -0.4 is 9.47 Å². The molecule has 0 aromatic heterocycles. The van der Waals surface area contributed by atoms with Gasteiger partial charge in [0, 0.05) is 29.7 Å². The normalized spacial score (nSPS) is 12.0. The van der Waals surface area contributed by atoms with E-state index in [1.165, 1.54) is 24.3 Å². The predicted octanol–water partition coefficient (Wildman–Crippen LogP) is 5.22. The maximum atomic E-state index is 11.7. The van der Waals surface area contributed by atoms with Gasteiger partial charge in [0.1, 0.15) is 53.0 Å². The number of nitrogens with zero attached hydrogens (tertiary/aromatic N) is 2. The highest BCUT2D eigenvalue weighted by molar-refractivity contribution is 7.86. The first kappa shape index (κ1) is 31.0. The third-order valence-electron chi connectivity index (χ3n) is 6.42. The monoisotopic (exact) mass is 628 g/mol. The largest absolute Gasteiger partial charge is 0.744 e. The summed E-state index contributed by atoms with van der Waals surface area (Å²) in [5.74, 6) is -0.420. The van der Waals surface area contributed by atoms with Gasteiger partial charge in [0.15, 0.2) is 0 Å². The minimum absolute atomic E-state index is 0.161. The molecule has 224 valence electrons.